The summed E-state index contributed by atoms with van der Waals surface area (Å²) in [4.78, 5) is 17.3. The molecule has 1 heterocycles. The van der Waals surface area contributed by atoms with Crippen molar-refractivity contribution in [3.63, 3.8) is 0 Å². The number of fused-ring (bicyclic) bond motifs is 1. The molecule has 0 atom stereocenters. The van der Waals surface area contributed by atoms with E-state index in [0.717, 1.165) is 16.8 Å². The number of halogens is 1. The number of aromatic hydroxyl groups is 1. The molecule has 0 spiro atoms. The molecule has 1 aromatic heterocycles. The highest BCUT2D eigenvalue weighted by molar-refractivity contribution is 6.34. The van der Waals surface area contributed by atoms with Crippen molar-refractivity contribution in [2.24, 2.45) is 0 Å². The van der Waals surface area contributed by atoms with Gasteiger partial charge in [-0.25, -0.2) is 0 Å². The van der Waals surface area contributed by atoms with Gasteiger partial charge in [0.15, 0.2) is 17.2 Å². The van der Waals surface area contributed by atoms with E-state index >= 15 is 0 Å². The van der Waals surface area contributed by atoms with Crippen LogP contribution in [-0.4, -0.2) is 31.3 Å². The van der Waals surface area contributed by atoms with E-state index in [2.05, 4.69) is 4.98 Å². The molecule has 0 fully saturated rings. The molecule has 7 heteroatoms. The van der Waals surface area contributed by atoms with Crippen LogP contribution in [0.2, 0.25) is 5.02 Å². The second kappa shape index (κ2) is 8.24. The lowest BCUT2D eigenvalue weighted by atomic mass is 10.0. The fourth-order valence-corrected chi connectivity index (χ4v) is 3.62. The van der Waals surface area contributed by atoms with Crippen molar-refractivity contribution >= 4 is 28.2 Å². The molecular formula is C24H21ClN2O4. The normalized spacial score (nSPS) is 10.8. The van der Waals surface area contributed by atoms with Gasteiger partial charge in [0.25, 0.3) is 5.56 Å². The topological polar surface area (TPSA) is 74.8 Å². The number of hydrogen-bond acceptors (Lipinski definition) is 5. The minimum absolute atomic E-state index is 0.215. The van der Waals surface area contributed by atoms with Crippen LogP contribution in [0, 0.1) is 0 Å². The molecule has 4 rings (SSSR count). The lowest BCUT2D eigenvalue weighted by Gasteiger charge is -2.15. The van der Waals surface area contributed by atoms with Crippen LogP contribution in [0.15, 0.2) is 65.5 Å². The molecule has 2 N–H and O–H groups in total. The Bertz CT molecular complexity index is 1310. The lowest BCUT2D eigenvalue weighted by Crippen LogP contribution is -2.09. The number of para-hydroxylation sites is 2. The highest BCUT2D eigenvalue weighted by Crippen LogP contribution is 2.40. The van der Waals surface area contributed by atoms with E-state index in [0.29, 0.717) is 27.4 Å². The Morgan fingerprint density at radius 3 is 2.32 bits per heavy atom. The van der Waals surface area contributed by atoms with E-state index in [-0.39, 0.29) is 11.5 Å². The number of pyridine rings is 1. The van der Waals surface area contributed by atoms with E-state index in [1.54, 1.807) is 36.4 Å². The minimum Gasteiger partial charge on any atom is -0.504 e. The predicted octanol–water partition coefficient (Wildman–Crippen LogP) is 5.42. The van der Waals surface area contributed by atoms with E-state index < -0.39 is 5.56 Å². The van der Waals surface area contributed by atoms with Crippen molar-refractivity contribution in [1.82, 2.24) is 4.98 Å². The zero-order chi connectivity index (χ0) is 22.1. The first-order valence-electron chi connectivity index (χ1n) is 9.56. The standard InChI is InChI=1S/C24H21ClN2O4/c1-27(2)15-10-8-14(9-11-15)16-12-17-19(13-18(16)25)26-24(29)23(22(17)28)31-21-7-5-4-6-20(21)30-3/h4-13H,1-3H3,(H2,26,28,29). The van der Waals surface area contributed by atoms with Crippen molar-refractivity contribution in [2.45, 2.75) is 0 Å². The number of rotatable bonds is 5. The van der Waals surface area contributed by atoms with Crippen LogP contribution in [0.3, 0.4) is 0 Å². The summed E-state index contributed by atoms with van der Waals surface area (Å²) in [6.45, 7) is 0. The molecule has 0 aliphatic rings. The average Bonchev–Trinajstić information content (AvgIpc) is 2.76. The Morgan fingerprint density at radius 2 is 1.68 bits per heavy atom. The van der Waals surface area contributed by atoms with Crippen LogP contribution in [0.25, 0.3) is 22.0 Å². The van der Waals surface area contributed by atoms with Crippen LogP contribution < -0.4 is 19.9 Å². The summed E-state index contributed by atoms with van der Waals surface area (Å²) in [6, 6.07) is 18.1. The third kappa shape index (κ3) is 3.90. The van der Waals surface area contributed by atoms with Crippen molar-refractivity contribution in [3.05, 3.63) is 76.0 Å². The predicted molar refractivity (Wildman–Crippen MR) is 124 cm³/mol. The van der Waals surface area contributed by atoms with Gasteiger partial charge in [0.05, 0.1) is 17.6 Å². The lowest BCUT2D eigenvalue weighted by molar-refractivity contribution is 0.365. The largest absolute Gasteiger partial charge is 0.504 e. The number of nitrogens with one attached hydrogen (secondary N) is 1. The van der Waals surface area contributed by atoms with Gasteiger partial charge in [0, 0.05) is 30.7 Å². The average molecular weight is 437 g/mol. The molecule has 4 aromatic rings. The van der Waals surface area contributed by atoms with Crippen molar-refractivity contribution in [2.75, 3.05) is 26.1 Å². The summed E-state index contributed by atoms with van der Waals surface area (Å²) in [7, 11) is 5.44. The Hall–Kier alpha value is -3.64. The fourth-order valence-electron chi connectivity index (χ4n) is 3.35. The van der Waals surface area contributed by atoms with Gasteiger partial charge in [-0.05, 0) is 42.0 Å². The molecule has 158 valence electrons. The monoisotopic (exact) mass is 436 g/mol. The molecular weight excluding hydrogens is 416 g/mol. The minimum atomic E-state index is -0.574. The summed E-state index contributed by atoms with van der Waals surface area (Å²) >= 11 is 6.49. The first kappa shape index (κ1) is 20.6. The zero-order valence-corrected chi connectivity index (χ0v) is 18.0. The molecule has 0 aliphatic heterocycles. The summed E-state index contributed by atoms with van der Waals surface area (Å²) in [5.74, 6) is 0.276. The van der Waals surface area contributed by atoms with Crippen LogP contribution in [0.5, 0.6) is 23.0 Å². The van der Waals surface area contributed by atoms with Crippen LogP contribution >= 0.6 is 11.6 Å². The van der Waals surface area contributed by atoms with Crippen LogP contribution in [-0.2, 0) is 0 Å². The number of aromatic amines is 1. The molecule has 0 unspecified atom stereocenters. The number of H-pyrrole nitrogens is 1. The highest BCUT2D eigenvalue weighted by atomic mass is 35.5. The Balaban J connectivity index is 1.84. The molecule has 0 bridgehead atoms. The number of aromatic nitrogens is 1. The molecule has 31 heavy (non-hydrogen) atoms. The maximum absolute atomic E-state index is 12.6. The number of ether oxygens (including phenoxy) is 2. The highest BCUT2D eigenvalue weighted by Gasteiger charge is 2.18. The van der Waals surface area contributed by atoms with Gasteiger partial charge >= 0.3 is 0 Å². The number of methoxy groups -OCH3 is 1. The molecule has 0 radical (unpaired) electrons. The molecule has 3 aromatic carbocycles. The van der Waals surface area contributed by atoms with Gasteiger partial charge < -0.3 is 24.5 Å². The summed E-state index contributed by atoms with van der Waals surface area (Å²) in [5.41, 5.74) is 2.50. The van der Waals surface area contributed by atoms with E-state index in [4.69, 9.17) is 21.1 Å². The zero-order valence-electron chi connectivity index (χ0n) is 17.3. The molecule has 0 aliphatic carbocycles. The molecule has 0 amide bonds. The van der Waals surface area contributed by atoms with E-state index in [1.165, 1.54) is 7.11 Å². The van der Waals surface area contributed by atoms with Gasteiger partial charge in [-0.15, -0.1) is 0 Å². The second-order valence-corrected chi connectivity index (χ2v) is 7.61. The Kier molecular flexibility index (Phi) is 5.48. The second-order valence-electron chi connectivity index (χ2n) is 7.20. The first-order chi connectivity index (χ1) is 14.9. The number of benzene rings is 3. The van der Waals surface area contributed by atoms with Crippen molar-refractivity contribution in [1.29, 1.82) is 0 Å². The maximum atomic E-state index is 12.6. The summed E-state index contributed by atoms with van der Waals surface area (Å²) in [6.07, 6.45) is 0. The molecule has 0 saturated carbocycles. The van der Waals surface area contributed by atoms with Crippen molar-refractivity contribution < 1.29 is 14.6 Å². The third-order valence-corrected chi connectivity index (χ3v) is 5.32. The van der Waals surface area contributed by atoms with E-state index in [1.807, 2.05) is 43.3 Å². The number of anilines is 1. The van der Waals surface area contributed by atoms with Gasteiger partial charge in [-0.2, -0.15) is 0 Å². The van der Waals surface area contributed by atoms with E-state index in [9.17, 15) is 9.90 Å². The summed E-state index contributed by atoms with van der Waals surface area (Å²) in [5, 5.41) is 11.8. The van der Waals surface area contributed by atoms with Gasteiger partial charge in [-0.1, -0.05) is 35.9 Å². The SMILES string of the molecule is COc1ccccc1Oc1c(O)c2cc(-c3ccc(N(C)C)cc3)c(Cl)cc2[nH]c1=O. The number of nitrogens with zero attached hydrogens (tertiary/aromatic N) is 1. The van der Waals surface area contributed by atoms with Gasteiger partial charge in [0.1, 0.15) is 0 Å². The third-order valence-electron chi connectivity index (χ3n) is 5.01. The molecule has 6 nitrogen and oxygen atoms in total. The number of hydrogen-bond donors (Lipinski definition) is 2. The fraction of sp³-hybridized carbons (Fsp3) is 0.125. The Labute approximate surface area is 184 Å². The smallest absolute Gasteiger partial charge is 0.295 e. The van der Waals surface area contributed by atoms with Gasteiger partial charge in [-0.3, -0.25) is 4.79 Å². The van der Waals surface area contributed by atoms with Crippen LogP contribution in [0.1, 0.15) is 0 Å². The Morgan fingerprint density at radius 1 is 1.00 bits per heavy atom. The maximum Gasteiger partial charge on any atom is 0.295 e. The van der Waals surface area contributed by atoms with Gasteiger partial charge in [0.2, 0.25) is 5.75 Å². The van der Waals surface area contributed by atoms with Crippen LogP contribution in [0.4, 0.5) is 5.69 Å². The van der Waals surface area contributed by atoms with Crippen molar-refractivity contribution in [3.8, 4) is 34.1 Å². The first-order valence-corrected chi connectivity index (χ1v) is 9.94. The molecule has 0 saturated heterocycles. The summed E-state index contributed by atoms with van der Waals surface area (Å²) < 4.78 is 11.0. The quantitative estimate of drug-likeness (QED) is 0.437.